The van der Waals surface area contributed by atoms with Crippen molar-refractivity contribution in [3.05, 3.63) is 0 Å². The lowest BCUT2D eigenvalue weighted by molar-refractivity contribution is -0.136. The van der Waals surface area contributed by atoms with E-state index in [2.05, 4.69) is 0 Å². The third kappa shape index (κ3) is 3.93. The molecular weight excluding hydrogens is 256 g/mol. The first-order chi connectivity index (χ1) is 9.61. The number of rotatable bonds is 4. The van der Waals surface area contributed by atoms with Gasteiger partial charge in [0.25, 0.3) is 0 Å². The maximum atomic E-state index is 11.7. The Kier molecular flexibility index (Phi) is 5.81. The molecule has 5 heteroatoms. The molecule has 0 aromatic heterocycles. The van der Waals surface area contributed by atoms with E-state index in [1.807, 2.05) is 4.90 Å². The van der Waals surface area contributed by atoms with Crippen molar-refractivity contribution in [1.29, 1.82) is 0 Å². The second-order valence-electron chi connectivity index (χ2n) is 6.05. The third-order valence-electron chi connectivity index (χ3n) is 4.69. The summed E-state index contributed by atoms with van der Waals surface area (Å²) in [5.41, 5.74) is 6.17. The van der Waals surface area contributed by atoms with Crippen LogP contribution in [0.1, 0.15) is 45.4 Å². The molecule has 2 atom stereocenters. The number of methoxy groups -OCH3 is 1. The number of hydrogen-bond donors (Lipinski definition) is 1. The maximum absolute atomic E-state index is 11.7. The first kappa shape index (κ1) is 15.7. The molecule has 0 bridgehead atoms. The Morgan fingerprint density at radius 2 is 1.85 bits per heavy atom. The van der Waals surface area contributed by atoms with Crippen LogP contribution in [0.15, 0.2) is 0 Å². The minimum atomic E-state index is 0.0430. The Bertz CT molecular complexity index is 316. The van der Waals surface area contributed by atoms with Gasteiger partial charge in [-0.15, -0.1) is 0 Å². The second-order valence-corrected chi connectivity index (χ2v) is 6.05. The van der Waals surface area contributed by atoms with Gasteiger partial charge in [0, 0.05) is 26.6 Å². The summed E-state index contributed by atoms with van der Waals surface area (Å²) >= 11 is 0. The molecule has 2 rings (SSSR count). The van der Waals surface area contributed by atoms with E-state index in [-0.39, 0.29) is 18.0 Å². The molecule has 20 heavy (non-hydrogen) atoms. The van der Waals surface area contributed by atoms with Crippen molar-refractivity contribution in [3.63, 3.8) is 0 Å². The summed E-state index contributed by atoms with van der Waals surface area (Å²) in [6.07, 6.45) is 6.87. The van der Waals surface area contributed by atoms with E-state index in [4.69, 9.17) is 15.2 Å². The molecule has 2 fully saturated rings. The fourth-order valence-corrected chi connectivity index (χ4v) is 3.36. The molecule has 1 saturated carbocycles. The van der Waals surface area contributed by atoms with Gasteiger partial charge in [-0.1, -0.05) is 0 Å². The molecule has 0 spiro atoms. The third-order valence-corrected chi connectivity index (χ3v) is 4.69. The van der Waals surface area contributed by atoms with Crippen LogP contribution in [0.5, 0.6) is 0 Å². The molecule has 1 saturated heterocycles. The molecule has 0 radical (unpaired) electrons. The molecule has 5 nitrogen and oxygen atoms in total. The summed E-state index contributed by atoms with van der Waals surface area (Å²) in [6.45, 7) is 3.01. The van der Waals surface area contributed by atoms with Crippen LogP contribution < -0.4 is 5.73 Å². The van der Waals surface area contributed by atoms with Gasteiger partial charge in [0.2, 0.25) is 5.91 Å². The largest absolute Gasteiger partial charge is 0.381 e. The number of carbonyl (C=O) groups is 1. The molecule has 1 aliphatic carbocycles. The highest BCUT2D eigenvalue weighted by Crippen LogP contribution is 2.24. The lowest BCUT2D eigenvalue weighted by Crippen LogP contribution is -2.56. The van der Waals surface area contributed by atoms with E-state index in [0.717, 1.165) is 45.1 Å². The monoisotopic (exact) mass is 284 g/mol. The van der Waals surface area contributed by atoms with Crippen molar-refractivity contribution in [2.24, 2.45) is 5.73 Å². The maximum Gasteiger partial charge on any atom is 0.219 e. The van der Waals surface area contributed by atoms with Gasteiger partial charge in [0.15, 0.2) is 0 Å². The van der Waals surface area contributed by atoms with Crippen LogP contribution in [-0.4, -0.2) is 55.4 Å². The fourth-order valence-electron chi connectivity index (χ4n) is 3.36. The van der Waals surface area contributed by atoms with Crippen molar-refractivity contribution < 1.29 is 14.3 Å². The lowest BCUT2D eigenvalue weighted by atomic mass is 9.94. The smallest absolute Gasteiger partial charge is 0.219 e. The Morgan fingerprint density at radius 3 is 2.45 bits per heavy atom. The van der Waals surface area contributed by atoms with Crippen LogP contribution in [0.4, 0.5) is 0 Å². The predicted octanol–water partition coefficient (Wildman–Crippen LogP) is 1.30. The summed E-state index contributed by atoms with van der Waals surface area (Å²) < 4.78 is 11.4. The van der Waals surface area contributed by atoms with E-state index < -0.39 is 0 Å². The van der Waals surface area contributed by atoms with Crippen LogP contribution >= 0.6 is 0 Å². The minimum absolute atomic E-state index is 0.0430. The van der Waals surface area contributed by atoms with Crippen molar-refractivity contribution in [3.8, 4) is 0 Å². The van der Waals surface area contributed by atoms with Gasteiger partial charge < -0.3 is 20.1 Å². The van der Waals surface area contributed by atoms with Crippen LogP contribution in [0.3, 0.4) is 0 Å². The first-order valence-corrected chi connectivity index (χ1v) is 7.79. The molecular formula is C15H28N2O3. The van der Waals surface area contributed by atoms with E-state index in [1.165, 1.54) is 0 Å². The van der Waals surface area contributed by atoms with Crippen molar-refractivity contribution in [2.75, 3.05) is 20.3 Å². The number of carbonyl (C=O) groups excluding carboxylic acids is 1. The predicted molar refractivity (Wildman–Crippen MR) is 77.4 cm³/mol. The number of piperidine rings is 1. The van der Waals surface area contributed by atoms with Gasteiger partial charge in [0.05, 0.1) is 24.9 Å². The number of amides is 1. The van der Waals surface area contributed by atoms with Gasteiger partial charge in [0.1, 0.15) is 0 Å². The average molecular weight is 284 g/mol. The van der Waals surface area contributed by atoms with Gasteiger partial charge in [-0.3, -0.25) is 4.79 Å². The van der Waals surface area contributed by atoms with Gasteiger partial charge in [-0.2, -0.15) is 0 Å². The number of nitrogens with two attached hydrogens (primary N) is 1. The van der Waals surface area contributed by atoms with Gasteiger partial charge in [-0.25, -0.2) is 0 Å². The van der Waals surface area contributed by atoms with Crippen molar-refractivity contribution in [1.82, 2.24) is 4.90 Å². The highest BCUT2D eigenvalue weighted by molar-refractivity contribution is 5.73. The topological polar surface area (TPSA) is 64.8 Å². The molecule has 116 valence electrons. The zero-order valence-corrected chi connectivity index (χ0v) is 12.7. The lowest BCUT2D eigenvalue weighted by Gasteiger charge is -2.40. The zero-order valence-electron chi connectivity index (χ0n) is 12.7. The van der Waals surface area contributed by atoms with E-state index in [0.29, 0.717) is 18.8 Å². The number of likely N-dealkylation sites (tertiary alicyclic amines) is 1. The second kappa shape index (κ2) is 7.38. The summed E-state index contributed by atoms with van der Waals surface area (Å²) in [4.78, 5) is 13.6. The summed E-state index contributed by atoms with van der Waals surface area (Å²) in [6, 6.07) is 0.0874. The van der Waals surface area contributed by atoms with Crippen molar-refractivity contribution >= 4 is 5.91 Å². The van der Waals surface area contributed by atoms with Crippen LogP contribution in [0.2, 0.25) is 0 Å². The summed E-state index contributed by atoms with van der Waals surface area (Å²) in [7, 11) is 1.78. The first-order valence-electron chi connectivity index (χ1n) is 7.79. The number of ether oxygens (including phenoxy) is 2. The standard InChI is InChI=1S/C15H28N2O3/c1-11(18)17-9-3-4-14(16)15(17)10-20-13-7-5-12(19-2)6-8-13/h12-15H,3-10,16H2,1-2H3/t12?,13?,14-,15-/m0/s1. The van der Waals surface area contributed by atoms with Gasteiger partial charge >= 0.3 is 0 Å². The zero-order chi connectivity index (χ0) is 14.5. The van der Waals surface area contributed by atoms with E-state index in [9.17, 15) is 4.79 Å². The molecule has 2 aliphatic rings. The Hall–Kier alpha value is -0.650. The molecule has 1 aliphatic heterocycles. The highest BCUT2D eigenvalue weighted by Gasteiger charge is 2.32. The van der Waals surface area contributed by atoms with Crippen molar-refractivity contribution in [2.45, 2.75) is 69.7 Å². The van der Waals surface area contributed by atoms with E-state index in [1.54, 1.807) is 14.0 Å². The molecule has 0 unspecified atom stereocenters. The highest BCUT2D eigenvalue weighted by atomic mass is 16.5. The fraction of sp³-hybridized carbons (Fsp3) is 0.933. The Labute approximate surface area is 121 Å². The molecule has 0 aromatic rings. The SMILES string of the molecule is COC1CCC(OC[C@H]2[C@@H](N)CCCN2C(C)=O)CC1. The van der Waals surface area contributed by atoms with Crippen LogP contribution in [-0.2, 0) is 14.3 Å². The average Bonchev–Trinajstić information content (AvgIpc) is 2.46. The molecule has 1 heterocycles. The molecule has 2 N–H and O–H groups in total. The van der Waals surface area contributed by atoms with Crippen LogP contribution in [0.25, 0.3) is 0 Å². The molecule has 1 amide bonds. The Morgan fingerprint density at radius 1 is 1.20 bits per heavy atom. The number of hydrogen-bond acceptors (Lipinski definition) is 4. The van der Waals surface area contributed by atoms with Crippen LogP contribution in [0, 0.1) is 0 Å². The normalized spacial score (nSPS) is 35.0. The quantitative estimate of drug-likeness (QED) is 0.845. The molecule has 0 aromatic carbocycles. The number of nitrogens with zero attached hydrogens (tertiary/aromatic N) is 1. The van der Waals surface area contributed by atoms with Gasteiger partial charge in [-0.05, 0) is 38.5 Å². The summed E-state index contributed by atoms with van der Waals surface area (Å²) in [5.74, 6) is 0.108. The Balaban J connectivity index is 1.80. The van der Waals surface area contributed by atoms with E-state index >= 15 is 0 Å². The summed E-state index contributed by atoms with van der Waals surface area (Å²) in [5, 5.41) is 0. The minimum Gasteiger partial charge on any atom is -0.381 e.